The molecule has 1 aliphatic heterocycles. The number of aliphatic hydroxyl groups excluding tert-OH is 2. The molecule has 0 bridgehead atoms. The van der Waals surface area contributed by atoms with Crippen molar-refractivity contribution >= 4 is 10.0 Å². The van der Waals surface area contributed by atoms with E-state index in [4.69, 9.17) is 0 Å². The van der Waals surface area contributed by atoms with Crippen molar-refractivity contribution in [2.24, 2.45) is 0 Å². The van der Waals surface area contributed by atoms with E-state index in [1.807, 2.05) is 30.3 Å². The molecular formula is C17H19NO4S. The molecule has 6 heteroatoms. The van der Waals surface area contributed by atoms with Crippen LogP contribution in [0.1, 0.15) is 17.2 Å². The predicted octanol–water partition coefficient (Wildman–Crippen LogP) is 1.33. The van der Waals surface area contributed by atoms with Crippen LogP contribution in [0.4, 0.5) is 0 Å². The topological polar surface area (TPSA) is 77.8 Å². The third-order valence-electron chi connectivity index (χ3n) is 4.17. The molecular weight excluding hydrogens is 314 g/mol. The molecule has 0 saturated carbocycles. The van der Waals surface area contributed by atoms with Gasteiger partial charge in [-0.1, -0.05) is 48.5 Å². The number of nitrogens with zero attached hydrogens (tertiary/aromatic N) is 1. The van der Waals surface area contributed by atoms with Crippen molar-refractivity contribution in [3.8, 4) is 0 Å². The van der Waals surface area contributed by atoms with E-state index in [9.17, 15) is 18.6 Å². The van der Waals surface area contributed by atoms with Gasteiger partial charge in [0.05, 0.1) is 23.6 Å². The molecule has 0 aromatic heterocycles. The molecule has 1 heterocycles. The summed E-state index contributed by atoms with van der Waals surface area (Å²) in [5, 5.41) is 20.0. The van der Waals surface area contributed by atoms with Crippen molar-refractivity contribution < 1.29 is 18.6 Å². The molecule has 2 aromatic carbocycles. The first-order chi connectivity index (χ1) is 11.1. The highest BCUT2D eigenvalue weighted by atomic mass is 32.2. The number of rotatable bonds is 4. The van der Waals surface area contributed by atoms with E-state index in [-0.39, 0.29) is 18.0 Å². The first kappa shape index (κ1) is 16.1. The Labute approximate surface area is 135 Å². The lowest BCUT2D eigenvalue weighted by Crippen LogP contribution is -2.50. The van der Waals surface area contributed by atoms with Crippen molar-refractivity contribution in [1.29, 1.82) is 0 Å². The standard InChI is InChI=1S/C17H19NO4S/c19-11-10-18-15(12-13-6-2-1-3-7-13)17(20)14-8-4-5-9-16(14)23(18,21)22/h1-9,15,17,19-20H,10-12H2/t15-,17+/m1/s1. The Balaban J connectivity index is 2.07. The van der Waals surface area contributed by atoms with E-state index in [0.717, 1.165) is 5.56 Å². The van der Waals surface area contributed by atoms with Crippen LogP contribution in [0.25, 0.3) is 0 Å². The van der Waals surface area contributed by atoms with Crippen molar-refractivity contribution in [1.82, 2.24) is 4.31 Å². The van der Waals surface area contributed by atoms with E-state index >= 15 is 0 Å². The highest BCUT2D eigenvalue weighted by Gasteiger charge is 2.43. The smallest absolute Gasteiger partial charge is 0.243 e. The minimum Gasteiger partial charge on any atom is -0.395 e. The van der Waals surface area contributed by atoms with E-state index < -0.39 is 22.2 Å². The highest BCUT2D eigenvalue weighted by Crippen LogP contribution is 2.37. The molecule has 3 rings (SSSR count). The maximum atomic E-state index is 12.8. The summed E-state index contributed by atoms with van der Waals surface area (Å²) < 4.78 is 26.9. The molecule has 0 radical (unpaired) electrons. The van der Waals surface area contributed by atoms with Crippen LogP contribution >= 0.6 is 0 Å². The molecule has 1 aliphatic rings. The van der Waals surface area contributed by atoms with E-state index in [1.165, 1.54) is 10.4 Å². The number of hydrogen-bond donors (Lipinski definition) is 2. The molecule has 122 valence electrons. The van der Waals surface area contributed by atoms with Crippen LogP contribution in [-0.4, -0.2) is 42.1 Å². The highest BCUT2D eigenvalue weighted by molar-refractivity contribution is 7.89. The van der Waals surface area contributed by atoms with Gasteiger partial charge in [0.15, 0.2) is 0 Å². The molecule has 0 spiro atoms. The lowest BCUT2D eigenvalue weighted by atomic mass is 9.95. The monoisotopic (exact) mass is 333 g/mol. The molecule has 0 aliphatic carbocycles. The average Bonchev–Trinajstić information content (AvgIpc) is 2.57. The second kappa shape index (κ2) is 6.41. The average molecular weight is 333 g/mol. The predicted molar refractivity (Wildman–Crippen MR) is 86.3 cm³/mol. The number of sulfonamides is 1. The van der Waals surface area contributed by atoms with Gasteiger partial charge in [-0.05, 0) is 18.1 Å². The summed E-state index contributed by atoms with van der Waals surface area (Å²) in [5.41, 5.74) is 1.36. The molecule has 0 unspecified atom stereocenters. The molecule has 2 N–H and O–H groups in total. The van der Waals surface area contributed by atoms with Crippen LogP contribution in [0.3, 0.4) is 0 Å². The zero-order valence-electron chi connectivity index (χ0n) is 12.5. The van der Waals surface area contributed by atoms with Crippen LogP contribution in [0, 0.1) is 0 Å². The van der Waals surface area contributed by atoms with Gasteiger partial charge in [0.25, 0.3) is 0 Å². The number of benzene rings is 2. The van der Waals surface area contributed by atoms with Gasteiger partial charge >= 0.3 is 0 Å². The third-order valence-corrected chi connectivity index (χ3v) is 6.17. The quantitative estimate of drug-likeness (QED) is 0.885. The number of aliphatic hydroxyl groups is 2. The molecule has 23 heavy (non-hydrogen) atoms. The van der Waals surface area contributed by atoms with Crippen LogP contribution in [-0.2, 0) is 16.4 Å². The molecule has 2 atom stereocenters. The Kier molecular flexibility index (Phi) is 4.50. The van der Waals surface area contributed by atoms with Crippen LogP contribution in [0.15, 0.2) is 59.5 Å². The minimum atomic E-state index is -3.73. The third kappa shape index (κ3) is 2.90. The zero-order valence-corrected chi connectivity index (χ0v) is 13.4. The van der Waals surface area contributed by atoms with E-state index in [0.29, 0.717) is 12.0 Å². The molecule has 2 aromatic rings. The van der Waals surface area contributed by atoms with Crippen molar-refractivity contribution in [2.45, 2.75) is 23.5 Å². The number of hydrogen-bond acceptors (Lipinski definition) is 4. The summed E-state index contributed by atoms with van der Waals surface area (Å²) in [7, 11) is -3.73. The van der Waals surface area contributed by atoms with Crippen LogP contribution in [0.5, 0.6) is 0 Å². The summed E-state index contributed by atoms with van der Waals surface area (Å²) >= 11 is 0. The van der Waals surface area contributed by atoms with Crippen molar-refractivity contribution in [3.63, 3.8) is 0 Å². The largest absolute Gasteiger partial charge is 0.395 e. The fourth-order valence-corrected chi connectivity index (χ4v) is 4.94. The Morgan fingerprint density at radius 2 is 1.65 bits per heavy atom. The van der Waals surface area contributed by atoms with Crippen molar-refractivity contribution in [3.05, 3.63) is 65.7 Å². The molecule has 0 amide bonds. The van der Waals surface area contributed by atoms with Gasteiger partial charge in [-0.2, -0.15) is 4.31 Å². The first-order valence-electron chi connectivity index (χ1n) is 7.49. The molecule has 0 fully saturated rings. The van der Waals surface area contributed by atoms with Gasteiger partial charge in [0.2, 0.25) is 10.0 Å². The minimum absolute atomic E-state index is 0.0365. The summed E-state index contributed by atoms with van der Waals surface area (Å²) in [6.07, 6.45) is -0.545. The van der Waals surface area contributed by atoms with E-state index in [2.05, 4.69) is 0 Å². The van der Waals surface area contributed by atoms with Gasteiger partial charge in [-0.25, -0.2) is 8.42 Å². The normalized spacial score (nSPS) is 23.4. The van der Waals surface area contributed by atoms with Gasteiger partial charge in [0, 0.05) is 12.1 Å². The summed E-state index contributed by atoms with van der Waals surface area (Å²) in [6.45, 7) is -0.329. The number of fused-ring (bicyclic) bond motifs is 1. The van der Waals surface area contributed by atoms with Crippen LogP contribution in [0.2, 0.25) is 0 Å². The molecule has 0 saturated heterocycles. The Morgan fingerprint density at radius 3 is 2.35 bits per heavy atom. The number of β-amino-alcohol motifs (C(OH)–C–C–N with tert-alkyl or cyclic N) is 1. The lowest BCUT2D eigenvalue weighted by molar-refractivity contribution is 0.0725. The van der Waals surface area contributed by atoms with Crippen LogP contribution < -0.4 is 0 Å². The summed E-state index contributed by atoms with van der Waals surface area (Å²) in [5.74, 6) is 0. The Bertz CT molecular complexity index is 776. The summed E-state index contributed by atoms with van der Waals surface area (Å²) in [4.78, 5) is 0.116. The zero-order chi connectivity index (χ0) is 16.4. The van der Waals surface area contributed by atoms with Gasteiger partial charge in [-0.15, -0.1) is 0 Å². The maximum Gasteiger partial charge on any atom is 0.243 e. The van der Waals surface area contributed by atoms with E-state index in [1.54, 1.807) is 18.2 Å². The van der Waals surface area contributed by atoms with Gasteiger partial charge in [0.1, 0.15) is 0 Å². The fraction of sp³-hybridized carbons (Fsp3) is 0.294. The first-order valence-corrected chi connectivity index (χ1v) is 8.93. The lowest BCUT2D eigenvalue weighted by Gasteiger charge is -2.39. The van der Waals surface area contributed by atoms with Gasteiger partial charge < -0.3 is 10.2 Å². The maximum absolute atomic E-state index is 12.8. The Hall–Kier alpha value is -1.73. The van der Waals surface area contributed by atoms with Gasteiger partial charge in [-0.3, -0.25) is 0 Å². The molecule has 5 nitrogen and oxygen atoms in total. The second-order valence-corrected chi connectivity index (χ2v) is 7.44. The summed E-state index contributed by atoms with van der Waals surface area (Å²) in [6, 6.07) is 15.3. The fourth-order valence-electron chi connectivity index (χ4n) is 3.08. The van der Waals surface area contributed by atoms with Crippen molar-refractivity contribution in [2.75, 3.05) is 13.2 Å². The SMILES string of the molecule is O=S1(=O)c2ccccc2[C@H](O)[C@@H](Cc2ccccc2)N1CCO. The second-order valence-electron chi connectivity index (χ2n) is 5.58. The Morgan fingerprint density at radius 1 is 1.00 bits per heavy atom.